The van der Waals surface area contributed by atoms with Gasteiger partial charge in [-0.15, -0.1) is 0 Å². The van der Waals surface area contributed by atoms with Gasteiger partial charge >= 0.3 is 6.18 Å². The van der Waals surface area contributed by atoms with E-state index < -0.39 is 12.1 Å². The van der Waals surface area contributed by atoms with Crippen molar-refractivity contribution in [3.05, 3.63) is 71.3 Å². The fourth-order valence-corrected chi connectivity index (χ4v) is 4.52. The molecule has 0 amide bonds. The van der Waals surface area contributed by atoms with Gasteiger partial charge in [-0.3, -0.25) is 0 Å². The predicted molar refractivity (Wildman–Crippen MR) is 129 cm³/mol. The van der Waals surface area contributed by atoms with Crippen molar-refractivity contribution >= 4 is 0 Å². The van der Waals surface area contributed by atoms with E-state index in [0.717, 1.165) is 50.8 Å². The number of halogens is 3. The van der Waals surface area contributed by atoms with Gasteiger partial charge in [0.25, 0.3) is 0 Å². The number of alkyl halides is 3. The van der Waals surface area contributed by atoms with Crippen LogP contribution >= 0.6 is 0 Å². The first-order valence-electron chi connectivity index (χ1n) is 12.1. The van der Waals surface area contributed by atoms with E-state index in [-0.39, 0.29) is 12.3 Å². The van der Waals surface area contributed by atoms with Crippen molar-refractivity contribution in [2.75, 3.05) is 13.1 Å². The second-order valence-electron chi connectivity index (χ2n) is 8.83. The summed E-state index contributed by atoms with van der Waals surface area (Å²) in [5, 5.41) is 7.32. The number of hydrogen-bond acceptors (Lipinski definition) is 2. The molecule has 0 spiro atoms. The molecule has 0 saturated heterocycles. The summed E-state index contributed by atoms with van der Waals surface area (Å²) in [5.74, 6) is -1.47. The van der Waals surface area contributed by atoms with Crippen LogP contribution in [-0.4, -0.2) is 30.2 Å². The largest absolute Gasteiger partial charge is 0.392 e. The zero-order valence-corrected chi connectivity index (χ0v) is 20.1. The first-order valence-corrected chi connectivity index (χ1v) is 12.1. The van der Waals surface area contributed by atoms with Gasteiger partial charge in [-0.25, -0.2) is 0 Å². The van der Waals surface area contributed by atoms with E-state index in [1.165, 1.54) is 18.1 Å². The molecule has 0 aromatic heterocycles. The molecular formula is C28H37F3N2. The van der Waals surface area contributed by atoms with E-state index in [4.69, 9.17) is 5.26 Å². The van der Waals surface area contributed by atoms with Crippen molar-refractivity contribution in [2.24, 2.45) is 5.92 Å². The third kappa shape index (κ3) is 8.85. The van der Waals surface area contributed by atoms with Crippen molar-refractivity contribution in [2.45, 2.75) is 77.4 Å². The number of aryl methyl sites for hydroxylation is 1. The van der Waals surface area contributed by atoms with Crippen LogP contribution in [0.4, 0.5) is 13.2 Å². The highest BCUT2D eigenvalue weighted by molar-refractivity contribution is 5.30. The van der Waals surface area contributed by atoms with Crippen molar-refractivity contribution in [3.8, 4) is 6.07 Å². The zero-order chi connectivity index (χ0) is 24.3. The molecule has 180 valence electrons. The van der Waals surface area contributed by atoms with E-state index >= 15 is 0 Å². The van der Waals surface area contributed by atoms with Crippen LogP contribution in [0.5, 0.6) is 0 Å². The smallest absolute Gasteiger partial charge is 0.300 e. The second kappa shape index (κ2) is 13.4. The van der Waals surface area contributed by atoms with Gasteiger partial charge in [0.1, 0.15) is 0 Å². The maximum absolute atomic E-state index is 12.8. The normalized spacial score (nSPS) is 18.2. The van der Waals surface area contributed by atoms with Crippen molar-refractivity contribution < 1.29 is 13.2 Å². The minimum absolute atomic E-state index is 0.244. The Balaban J connectivity index is 0.00000122. The van der Waals surface area contributed by atoms with E-state index in [9.17, 15) is 13.2 Å². The lowest BCUT2D eigenvalue weighted by molar-refractivity contribution is -0.148. The highest BCUT2D eigenvalue weighted by Crippen LogP contribution is 2.56. The van der Waals surface area contributed by atoms with Crippen LogP contribution in [-0.2, 0) is 12.8 Å². The third-order valence-corrected chi connectivity index (χ3v) is 6.41. The third-order valence-electron chi connectivity index (χ3n) is 6.41. The Morgan fingerprint density at radius 2 is 1.58 bits per heavy atom. The molecule has 1 aliphatic rings. The van der Waals surface area contributed by atoms with Crippen LogP contribution in [0.3, 0.4) is 0 Å². The fourth-order valence-electron chi connectivity index (χ4n) is 4.52. The molecule has 0 bridgehead atoms. The van der Waals surface area contributed by atoms with Crippen LogP contribution in [0.15, 0.2) is 54.6 Å². The molecule has 0 N–H and O–H groups in total. The Bertz CT molecular complexity index is 840. The lowest BCUT2D eigenvalue weighted by atomic mass is 9.99. The van der Waals surface area contributed by atoms with Crippen molar-refractivity contribution in [1.82, 2.24) is 4.90 Å². The van der Waals surface area contributed by atoms with E-state index in [0.29, 0.717) is 6.04 Å². The van der Waals surface area contributed by atoms with Gasteiger partial charge in [-0.2, -0.15) is 18.4 Å². The van der Waals surface area contributed by atoms with Gasteiger partial charge in [0.2, 0.25) is 0 Å². The molecule has 0 heterocycles. The lowest BCUT2D eigenvalue weighted by Crippen LogP contribution is -2.37. The predicted octanol–water partition coefficient (Wildman–Crippen LogP) is 7.55. The van der Waals surface area contributed by atoms with Crippen LogP contribution in [0, 0.1) is 17.2 Å². The molecule has 33 heavy (non-hydrogen) atoms. The maximum Gasteiger partial charge on any atom is 0.392 e. The van der Waals surface area contributed by atoms with Crippen molar-refractivity contribution in [1.29, 1.82) is 5.26 Å². The molecule has 5 heteroatoms. The molecule has 1 aliphatic carbocycles. The van der Waals surface area contributed by atoms with Gasteiger partial charge in [0.05, 0.1) is 12.0 Å². The average Bonchev–Trinajstić information content (AvgIpc) is 3.61. The topological polar surface area (TPSA) is 27.0 Å². The Labute approximate surface area is 197 Å². The number of hydrogen-bond donors (Lipinski definition) is 0. The monoisotopic (exact) mass is 458 g/mol. The zero-order valence-electron chi connectivity index (χ0n) is 20.1. The van der Waals surface area contributed by atoms with Crippen molar-refractivity contribution in [3.63, 3.8) is 0 Å². The first kappa shape index (κ1) is 26.9. The summed E-state index contributed by atoms with van der Waals surface area (Å²) in [4.78, 5) is 2.61. The average molecular weight is 459 g/mol. The van der Waals surface area contributed by atoms with E-state index in [1.54, 1.807) is 6.07 Å². The number of benzene rings is 2. The molecule has 1 fully saturated rings. The molecule has 0 aliphatic heterocycles. The SMILES string of the molecule is CC#N.CCCN(CCc1ccccc1)C(CC)CCc1ccc(C2CC2C(F)(F)F)cc1. The minimum atomic E-state index is -4.06. The quantitative estimate of drug-likeness (QED) is 0.348. The minimum Gasteiger partial charge on any atom is -0.300 e. The number of nitriles is 1. The highest BCUT2D eigenvalue weighted by Gasteiger charge is 2.55. The highest BCUT2D eigenvalue weighted by atomic mass is 19.4. The summed E-state index contributed by atoms with van der Waals surface area (Å²) in [6.07, 6.45) is 1.56. The molecule has 3 unspecified atom stereocenters. The van der Waals surface area contributed by atoms with Crippen LogP contribution in [0.2, 0.25) is 0 Å². The summed E-state index contributed by atoms with van der Waals surface area (Å²) in [6.45, 7) is 8.08. The number of rotatable bonds is 11. The molecule has 2 aromatic carbocycles. The van der Waals surface area contributed by atoms with Crippen LogP contribution in [0.1, 0.15) is 69.1 Å². The van der Waals surface area contributed by atoms with Gasteiger partial charge in [0.15, 0.2) is 0 Å². The Morgan fingerprint density at radius 1 is 0.970 bits per heavy atom. The molecule has 3 rings (SSSR count). The summed E-state index contributed by atoms with van der Waals surface area (Å²) in [6, 6.07) is 20.8. The summed E-state index contributed by atoms with van der Waals surface area (Å²) >= 11 is 0. The van der Waals surface area contributed by atoms with Gasteiger partial charge in [0, 0.05) is 19.5 Å². The Kier molecular flexibility index (Phi) is 10.9. The van der Waals surface area contributed by atoms with E-state index in [2.05, 4.69) is 49.1 Å². The molecule has 2 nitrogen and oxygen atoms in total. The number of nitrogens with zero attached hydrogens (tertiary/aromatic N) is 2. The maximum atomic E-state index is 12.8. The lowest BCUT2D eigenvalue weighted by Gasteiger charge is -2.31. The first-order chi connectivity index (χ1) is 15.8. The molecule has 3 atom stereocenters. The molecular weight excluding hydrogens is 421 g/mol. The summed E-state index contributed by atoms with van der Waals surface area (Å²) in [7, 11) is 0. The fraction of sp³-hybridized carbons (Fsp3) is 0.536. The van der Waals surface area contributed by atoms with Gasteiger partial charge in [-0.1, -0.05) is 68.4 Å². The summed E-state index contributed by atoms with van der Waals surface area (Å²) < 4.78 is 38.4. The summed E-state index contributed by atoms with van der Waals surface area (Å²) in [5.41, 5.74) is 3.44. The molecule has 1 saturated carbocycles. The molecule has 2 aromatic rings. The van der Waals surface area contributed by atoms with Gasteiger partial charge < -0.3 is 4.90 Å². The second-order valence-corrected chi connectivity index (χ2v) is 8.83. The standard InChI is InChI=1S/C26H34F3N.C2H3N/c1-3-17-30(18-16-20-8-6-5-7-9-20)23(4-2)15-12-21-10-13-22(14-11-21)24-19-25(24)26(27,28)29;1-2-3/h5-11,13-14,23-25H,3-4,12,15-19H2,1-2H3;1H3. The van der Waals surface area contributed by atoms with Crippen LogP contribution in [0.25, 0.3) is 0 Å². The Morgan fingerprint density at radius 3 is 2.09 bits per heavy atom. The van der Waals surface area contributed by atoms with Gasteiger partial charge in [-0.05, 0) is 67.7 Å². The Hall–Kier alpha value is -2.32. The van der Waals surface area contributed by atoms with E-state index in [1.807, 2.05) is 24.3 Å². The van der Waals surface area contributed by atoms with Crippen LogP contribution < -0.4 is 0 Å². The molecule has 0 radical (unpaired) electrons.